The lowest BCUT2D eigenvalue weighted by molar-refractivity contribution is -0.141. The molecule has 0 bridgehead atoms. The highest BCUT2D eigenvalue weighted by atomic mass is 16.4. The summed E-state index contributed by atoms with van der Waals surface area (Å²) >= 11 is 0. The average Bonchev–Trinajstić information content (AvgIpc) is 2.66. The SMILES string of the molecule is CN[C@H](C(=O)N[C@H](C(=O)N(C)[C@H](/C=C(\C)C(=O)NC(C)CC(=O)O)C(C)C)C(C)(C)C)C(C)(C)C. The fourth-order valence-electron chi connectivity index (χ4n) is 3.92. The lowest BCUT2D eigenvalue weighted by Gasteiger charge is -2.39. The molecule has 4 atom stereocenters. The van der Waals surface area contributed by atoms with E-state index < -0.39 is 35.6 Å². The molecule has 35 heavy (non-hydrogen) atoms. The molecule has 0 fully saturated rings. The van der Waals surface area contributed by atoms with Gasteiger partial charge in [0, 0.05) is 18.7 Å². The normalized spacial score (nSPS) is 16.2. The summed E-state index contributed by atoms with van der Waals surface area (Å²) in [5, 5.41) is 17.6. The summed E-state index contributed by atoms with van der Waals surface area (Å²) in [6.07, 6.45) is 1.54. The number of carbonyl (C=O) groups excluding carboxylic acids is 3. The first kappa shape index (κ1) is 32.6. The average molecular weight is 497 g/mol. The van der Waals surface area contributed by atoms with Crippen molar-refractivity contribution < 1.29 is 24.3 Å². The van der Waals surface area contributed by atoms with Crippen molar-refractivity contribution in [2.24, 2.45) is 16.7 Å². The Morgan fingerprint density at radius 2 is 1.40 bits per heavy atom. The van der Waals surface area contributed by atoms with Gasteiger partial charge in [-0.05, 0) is 37.6 Å². The lowest BCUT2D eigenvalue weighted by atomic mass is 9.83. The second-order valence-corrected chi connectivity index (χ2v) is 11.9. The number of rotatable bonds is 11. The van der Waals surface area contributed by atoms with Gasteiger partial charge in [-0.2, -0.15) is 0 Å². The molecular weight excluding hydrogens is 448 g/mol. The number of amides is 3. The van der Waals surface area contributed by atoms with Crippen LogP contribution in [0.25, 0.3) is 0 Å². The van der Waals surface area contributed by atoms with Gasteiger partial charge in [0.2, 0.25) is 17.7 Å². The topological polar surface area (TPSA) is 128 Å². The fraction of sp³-hybridized carbons (Fsp3) is 0.769. The van der Waals surface area contributed by atoms with Gasteiger partial charge in [0.15, 0.2) is 0 Å². The molecule has 0 saturated heterocycles. The number of hydrogen-bond donors (Lipinski definition) is 4. The molecule has 0 aliphatic heterocycles. The van der Waals surface area contributed by atoms with Crippen molar-refractivity contribution in [3.05, 3.63) is 11.6 Å². The maximum atomic E-state index is 13.7. The number of likely N-dealkylation sites (N-methyl/N-ethyl adjacent to an activating group) is 2. The Morgan fingerprint density at radius 3 is 1.77 bits per heavy atom. The van der Waals surface area contributed by atoms with Crippen LogP contribution in [0.5, 0.6) is 0 Å². The number of carbonyl (C=O) groups is 4. The van der Waals surface area contributed by atoms with Crippen molar-refractivity contribution in [3.63, 3.8) is 0 Å². The number of hydrogen-bond acceptors (Lipinski definition) is 5. The smallest absolute Gasteiger partial charge is 0.305 e. The molecule has 0 saturated carbocycles. The Hall–Kier alpha value is -2.42. The van der Waals surface area contributed by atoms with Crippen LogP contribution >= 0.6 is 0 Å². The van der Waals surface area contributed by atoms with E-state index in [0.29, 0.717) is 5.57 Å². The third kappa shape index (κ3) is 10.4. The largest absolute Gasteiger partial charge is 0.481 e. The quantitative estimate of drug-likeness (QED) is 0.326. The van der Waals surface area contributed by atoms with E-state index in [1.807, 2.05) is 55.4 Å². The lowest BCUT2D eigenvalue weighted by Crippen LogP contribution is -2.60. The standard InChI is InChI=1S/C26H48N4O5/c1-15(2)18(13-16(3)22(33)28-17(4)14-19(31)32)30(12)24(35)21(26(8,9)10)29-23(34)20(27-11)25(5,6)7/h13,15,17-18,20-21,27H,14H2,1-12H3,(H,28,33)(H,29,34)(H,31,32)/b16-13+/t17?,18-,20-,21-/m1/s1. The van der Waals surface area contributed by atoms with Gasteiger partial charge in [-0.3, -0.25) is 19.2 Å². The van der Waals surface area contributed by atoms with Gasteiger partial charge in [0.05, 0.1) is 18.5 Å². The zero-order valence-electron chi connectivity index (χ0n) is 23.7. The van der Waals surface area contributed by atoms with Crippen LogP contribution in [-0.4, -0.2) is 72.0 Å². The van der Waals surface area contributed by atoms with E-state index in [9.17, 15) is 19.2 Å². The molecular formula is C26H48N4O5. The van der Waals surface area contributed by atoms with Crippen molar-refractivity contribution in [1.82, 2.24) is 20.9 Å². The second-order valence-electron chi connectivity index (χ2n) is 11.9. The van der Waals surface area contributed by atoms with E-state index in [1.165, 1.54) is 0 Å². The molecule has 0 rings (SSSR count). The Bertz CT molecular complexity index is 793. The molecule has 3 amide bonds. The molecule has 1 unspecified atom stereocenters. The van der Waals surface area contributed by atoms with Gasteiger partial charge in [0.1, 0.15) is 6.04 Å². The van der Waals surface area contributed by atoms with Crippen molar-refractivity contribution in [3.8, 4) is 0 Å². The molecule has 202 valence electrons. The van der Waals surface area contributed by atoms with Gasteiger partial charge >= 0.3 is 5.97 Å². The first-order chi connectivity index (χ1) is 15.7. The van der Waals surface area contributed by atoms with Crippen molar-refractivity contribution in [1.29, 1.82) is 0 Å². The van der Waals surface area contributed by atoms with Crippen molar-refractivity contribution in [2.45, 2.75) is 99.8 Å². The number of aliphatic carboxylic acids is 1. The van der Waals surface area contributed by atoms with Crippen LogP contribution in [0.3, 0.4) is 0 Å². The van der Waals surface area contributed by atoms with Crippen molar-refractivity contribution in [2.75, 3.05) is 14.1 Å². The Kier molecular flexibility index (Phi) is 12.1. The van der Waals surface area contributed by atoms with Gasteiger partial charge in [-0.1, -0.05) is 61.5 Å². The van der Waals surface area contributed by atoms with Gasteiger partial charge in [-0.25, -0.2) is 0 Å². The molecule has 0 aromatic heterocycles. The minimum atomic E-state index is -0.993. The fourth-order valence-corrected chi connectivity index (χ4v) is 3.92. The molecule has 0 aromatic carbocycles. The van der Waals surface area contributed by atoms with Crippen LogP contribution in [0.15, 0.2) is 11.6 Å². The van der Waals surface area contributed by atoms with E-state index in [2.05, 4.69) is 16.0 Å². The predicted molar refractivity (Wildman–Crippen MR) is 139 cm³/mol. The molecule has 0 aliphatic rings. The first-order valence-electron chi connectivity index (χ1n) is 12.2. The van der Waals surface area contributed by atoms with E-state index in [1.54, 1.807) is 38.9 Å². The van der Waals surface area contributed by atoms with E-state index in [0.717, 1.165) is 0 Å². The second kappa shape index (κ2) is 13.0. The molecule has 0 radical (unpaired) electrons. The number of nitrogens with zero attached hydrogens (tertiary/aromatic N) is 1. The van der Waals surface area contributed by atoms with Crippen LogP contribution < -0.4 is 16.0 Å². The third-order valence-electron chi connectivity index (χ3n) is 5.93. The number of carboxylic acid groups (broad SMARTS) is 1. The van der Waals surface area contributed by atoms with E-state index >= 15 is 0 Å². The van der Waals surface area contributed by atoms with Crippen LogP contribution in [0.4, 0.5) is 0 Å². The zero-order valence-corrected chi connectivity index (χ0v) is 23.7. The van der Waals surface area contributed by atoms with Gasteiger partial charge in [0.25, 0.3) is 0 Å². The minimum Gasteiger partial charge on any atom is -0.481 e. The van der Waals surface area contributed by atoms with Gasteiger partial charge < -0.3 is 26.0 Å². The molecule has 0 heterocycles. The van der Waals surface area contributed by atoms with Crippen LogP contribution in [0.1, 0.15) is 75.7 Å². The van der Waals surface area contributed by atoms with E-state index in [-0.39, 0.29) is 35.5 Å². The van der Waals surface area contributed by atoms with Gasteiger partial charge in [-0.15, -0.1) is 0 Å². The summed E-state index contributed by atoms with van der Waals surface area (Å²) in [7, 11) is 3.40. The van der Waals surface area contributed by atoms with Crippen LogP contribution in [-0.2, 0) is 19.2 Å². The highest BCUT2D eigenvalue weighted by Gasteiger charge is 2.39. The van der Waals surface area contributed by atoms with Crippen molar-refractivity contribution >= 4 is 23.7 Å². The zero-order chi connectivity index (χ0) is 27.9. The van der Waals surface area contributed by atoms with E-state index in [4.69, 9.17) is 5.11 Å². The number of carboxylic acids is 1. The molecule has 4 N–H and O–H groups in total. The predicted octanol–water partition coefficient (Wildman–Crippen LogP) is 2.56. The monoisotopic (exact) mass is 496 g/mol. The summed E-state index contributed by atoms with van der Waals surface area (Å²) in [5.74, 6) is -1.89. The number of nitrogens with one attached hydrogen (secondary N) is 3. The maximum absolute atomic E-state index is 13.7. The first-order valence-corrected chi connectivity index (χ1v) is 12.2. The molecule has 9 heteroatoms. The Balaban J connectivity index is 5.90. The summed E-state index contributed by atoms with van der Waals surface area (Å²) in [6.45, 7) is 18.7. The minimum absolute atomic E-state index is 0.0147. The summed E-state index contributed by atoms with van der Waals surface area (Å²) in [6, 6.07) is -2.20. The molecule has 0 aromatic rings. The highest BCUT2D eigenvalue weighted by molar-refractivity contribution is 5.94. The Morgan fingerprint density at radius 1 is 0.914 bits per heavy atom. The summed E-state index contributed by atoms with van der Waals surface area (Å²) in [4.78, 5) is 51.8. The van der Waals surface area contributed by atoms with Crippen LogP contribution in [0, 0.1) is 16.7 Å². The maximum Gasteiger partial charge on any atom is 0.305 e. The Labute approximate surface area is 211 Å². The third-order valence-corrected chi connectivity index (χ3v) is 5.93. The summed E-state index contributed by atoms with van der Waals surface area (Å²) in [5.41, 5.74) is -0.511. The molecule has 9 nitrogen and oxygen atoms in total. The molecule has 0 aliphatic carbocycles. The molecule has 0 spiro atoms. The highest BCUT2D eigenvalue weighted by Crippen LogP contribution is 2.25. The summed E-state index contributed by atoms with van der Waals surface area (Å²) < 4.78 is 0. The van der Waals surface area contributed by atoms with Crippen LogP contribution in [0.2, 0.25) is 0 Å².